The van der Waals surface area contributed by atoms with Crippen molar-refractivity contribution in [3.05, 3.63) is 35.4 Å². The van der Waals surface area contributed by atoms with Crippen LogP contribution < -0.4 is 15.1 Å². The van der Waals surface area contributed by atoms with E-state index in [9.17, 15) is 0 Å². The van der Waals surface area contributed by atoms with E-state index in [1.54, 1.807) is 7.05 Å². The lowest BCUT2D eigenvalue weighted by Gasteiger charge is -2.20. The van der Waals surface area contributed by atoms with Crippen LogP contribution in [0.3, 0.4) is 0 Å². The minimum Gasteiger partial charge on any atom is -0.357 e. The lowest BCUT2D eigenvalue weighted by atomic mass is 10.1. The molecule has 0 aliphatic heterocycles. The van der Waals surface area contributed by atoms with E-state index in [4.69, 9.17) is 0 Å². The SMILES string of the molecule is CNc1nc(N(C)C)nc(N(C)Cc2ccc(C)cc2)n1. The molecular formula is C15H22N6. The van der Waals surface area contributed by atoms with Crippen molar-refractivity contribution in [1.29, 1.82) is 0 Å². The maximum Gasteiger partial charge on any atom is 0.232 e. The Bertz CT molecular complexity index is 594. The van der Waals surface area contributed by atoms with Gasteiger partial charge in [0.15, 0.2) is 0 Å². The minimum absolute atomic E-state index is 0.569. The Balaban J connectivity index is 2.23. The molecule has 1 heterocycles. The first-order chi connectivity index (χ1) is 9.99. The fourth-order valence-electron chi connectivity index (χ4n) is 1.87. The van der Waals surface area contributed by atoms with Crippen LogP contribution in [0.2, 0.25) is 0 Å². The summed E-state index contributed by atoms with van der Waals surface area (Å²) in [5.41, 5.74) is 2.48. The summed E-state index contributed by atoms with van der Waals surface area (Å²) in [7, 11) is 7.61. The fraction of sp³-hybridized carbons (Fsp3) is 0.400. The third kappa shape index (κ3) is 3.81. The Kier molecular flexibility index (Phi) is 4.57. The number of anilines is 3. The van der Waals surface area contributed by atoms with Crippen molar-refractivity contribution in [1.82, 2.24) is 15.0 Å². The van der Waals surface area contributed by atoms with Gasteiger partial charge in [0, 0.05) is 34.7 Å². The van der Waals surface area contributed by atoms with Crippen molar-refractivity contribution < 1.29 is 0 Å². The smallest absolute Gasteiger partial charge is 0.232 e. The third-order valence-corrected chi connectivity index (χ3v) is 3.12. The lowest BCUT2D eigenvalue weighted by Crippen LogP contribution is -2.22. The number of aryl methyl sites for hydroxylation is 1. The summed E-state index contributed by atoms with van der Waals surface area (Å²) >= 11 is 0. The van der Waals surface area contributed by atoms with Crippen molar-refractivity contribution in [2.24, 2.45) is 0 Å². The molecule has 0 aliphatic rings. The molecule has 1 aromatic heterocycles. The normalized spacial score (nSPS) is 10.3. The molecule has 0 saturated heterocycles. The largest absolute Gasteiger partial charge is 0.357 e. The van der Waals surface area contributed by atoms with Crippen molar-refractivity contribution in [2.75, 3.05) is 43.3 Å². The summed E-state index contributed by atoms with van der Waals surface area (Å²) in [6.45, 7) is 2.84. The Morgan fingerprint density at radius 3 is 2.14 bits per heavy atom. The van der Waals surface area contributed by atoms with Gasteiger partial charge < -0.3 is 15.1 Å². The van der Waals surface area contributed by atoms with Crippen LogP contribution in [0, 0.1) is 6.92 Å². The molecule has 1 N–H and O–H groups in total. The molecule has 0 bridgehead atoms. The predicted molar refractivity (Wildman–Crippen MR) is 87.0 cm³/mol. The maximum atomic E-state index is 4.48. The van der Waals surface area contributed by atoms with E-state index in [0.717, 1.165) is 6.54 Å². The van der Waals surface area contributed by atoms with Gasteiger partial charge in [-0.05, 0) is 12.5 Å². The molecule has 0 amide bonds. The van der Waals surface area contributed by atoms with E-state index in [-0.39, 0.29) is 0 Å². The van der Waals surface area contributed by atoms with Crippen molar-refractivity contribution >= 4 is 17.8 Å². The lowest BCUT2D eigenvalue weighted by molar-refractivity contribution is 0.844. The van der Waals surface area contributed by atoms with Gasteiger partial charge in [-0.15, -0.1) is 0 Å². The summed E-state index contributed by atoms with van der Waals surface area (Å²) in [4.78, 5) is 17.1. The monoisotopic (exact) mass is 286 g/mol. The molecule has 0 fully saturated rings. The second kappa shape index (κ2) is 6.39. The van der Waals surface area contributed by atoms with Crippen LogP contribution in [0.5, 0.6) is 0 Å². The quantitative estimate of drug-likeness (QED) is 0.906. The number of aromatic nitrogens is 3. The van der Waals surface area contributed by atoms with Gasteiger partial charge in [-0.1, -0.05) is 29.8 Å². The number of nitrogens with one attached hydrogen (secondary N) is 1. The zero-order valence-corrected chi connectivity index (χ0v) is 13.3. The van der Waals surface area contributed by atoms with Crippen LogP contribution in [-0.4, -0.2) is 43.1 Å². The van der Waals surface area contributed by atoms with Crippen molar-refractivity contribution in [3.8, 4) is 0 Å². The van der Waals surface area contributed by atoms with Crippen molar-refractivity contribution in [3.63, 3.8) is 0 Å². The molecule has 0 atom stereocenters. The van der Waals surface area contributed by atoms with Crippen LogP contribution in [0.1, 0.15) is 11.1 Å². The van der Waals surface area contributed by atoms with E-state index in [0.29, 0.717) is 17.8 Å². The molecule has 0 radical (unpaired) electrons. The van der Waals surface area contributed by atoms with E-state index in [1.807, 2.05) is 30.9 Å². The van der Waals surface area contributed by atoms with Crippen LogP contribution in [-0.2, 0) is 6.54 Å². The second-order valence-corrected chi connectivity index (χ2v) is 5.25. The third-order valence-electron chi connectivity index (χ3n) is 3.12. The summed E-state index contributed by atoms with van der Waals surface area (Å²) < 4.78 is 0. The van der Waals surface area contributed by atoms with Gasteiger partial charge in [0.2, 0.25) is 17.8 Å². The molecule has 0 saturated carbocycles. The minimum atomic E-state index is 0.569. The highest BCUT2D eigenvalue weighted by Crippen LogP contribution is 2.16. The fourth-order valence-corrected chi connectivity index (χ4v) is 1.87. The molecular weight excluding hydrogens is 264 g/mol. The zero-order chi connectivity index (χ0) is 15.4. The van der Waals surface area contributed by atoms with Crippen LogP contribution in [0.15, 0.2) is 24.3 Å². The molecule has 0 aliphatic carbocycles. The number of nitrogens with zero attached hydrogens (tertiary/aromatic N) is 5. The van der Waals surface area contributed by atoms with Gasteiger partial charge in [-0.25, -0.2) is 0 Å². The second-order valence-electron chi connectivity index (χ2n) is 5.25. The number of benzene rings is 1. The Labute approximate surface area is 125 Å². The summed E-state index contributed by atoms with van der Waals surface area (Å²) in [6.07, 6.45) is 0. The van der Waals surface area contributed by atoms with E-state index in [1.165, 1.54) is 11.1 Å². The van der Waals surface area contributed by atoms with Gasteiger partial charge in [0.05, 0.1) is 0 Å². The first-order valence-electron chi connectivity index (χ1n) is 6.87. The molecule has 6 nitrogen and oxygen atoms in total. The highest BCUT2D eigenvalue weighted by atomic mass is 15.3. The van der Waals surface area contributed by atoms with Gasteiger partial charge in [0.25, 0.3) is 0 Å². The van der Waals surface area contributed by atoms with Gasteiger partial charge in [-0.3, -0.25) is 0 Å². The highest BCUT2D eigenvalue weighted by Gasteiger charge is 2.11. The van der Waals surface area contributed by atoms with Gasteiger partial charge in [0.1, 0.15) is 0 Å². The number of rotatable bonds is 5. The standard InChI is InChI=1S/C15H22N6/c1-11-6-8-12(9-7-11)10-21(5)15-18-13(16-2)17-14(19-15)20(3)4/h6-9H,10H2,1-5H3,(H,16,17,18,19). The van der Waals surface area contributed by atoms with Gasteiger partial charge in [-0.2, -0.15) is 15.0 Å². The highest BCUT2D eigenvalue weighted by molar-refractivity contribution is 5.44. The summed E-state index contributed by atoms with van der Waals surface area (Å²) in [6, 6.07) is 8.47. The van der Waals surface area contributed by atoms with Crippen molar-refractivity contribution in [2.45, 2.75) is 13.5 Å². The van der Waals surface area contributed by atoms with E-state index >= 15 is 0 Å². The summed E-state index contributed by atoms with van der Waals surface area (Å²) in [5.74, 6) is 1.86. The van der Waals surface area contributed by atoms with Crippen LogP contribution in [0.4, 0.5) is 17.8 Å². The first kappa shape index (κ1) is 15.0. The first-order valence-corrected chi connectivity index (χ1v) is 6.87. The molecule has 1 aromatic carbocycles. The molecule has 112 valence electrons. The van der Waals surface area contributed by atoms with Crippen LogP contribution in [0.25, 0.3) is 0 Å². The summed E-state index contributed by atoms with van der Waals surface area (Å²) in [5, 5.41) is 2.97. The maximum absolute atomic E-state index is 4.48. The molecule has 2 rings (SSSR count). The average molecular weight is 286 g/mol. The molecule has 0 unspecified atom stereocenters. The molecule has 0 spiro atoms. The molecule has 2 aromatic rings. The molecule has 21 heavy (non-hydrogen) atoms. The van der Waals surface area contributed by atoms with E-state index < -0.39 is 0 Å². The predicted octanol–water partition coefficient (Wildman–Crippen LogP) is 1.92. The zero-order valence-electron chi connectivity index (χ0n) is 13.3. The van der Waals surface area contributed by atoms with Crippen LogP contribution >= 0.6 is 0 Å². The Morgan fingerprint density at radius 1 is 0.952 bits per heavy atom. The Morgan fingerprint density at radius 2 is 1.57 bits per heavy atom. The van der Waals surface area contributed by atoms with E-state index in [2.05, 4.69) is 51.5 Å². The van der Waals surface area contributed by atoms with Gasteiger partial charge >= 0.3 is 0 Å². The topological polar surface area (TPSA) is 57.2 Å². The number of hydrogen-bond acceptors (Lipinski definition) is 6. The number of hydrogen-bond donors (Lipinski definition) is 1. The average Bonchev–Trinajstić information content (AvgIpc) is 2.49. The molecule has 6 heteroatoms. The Hall–Kier alpha value is -2.37.